The number of nitrogens with one attached hydrogen (secondary N) is 2. The Morgan fingerprint density at radius 1 is 1.35 bits per heavy atom. The average Bonchev–Trinajstić information content (AvgIpc) is 2.42. The highest BCUT2D eigenvalue weighted by Crippen LogP contribution is 2.25. The third-order valence-electron chi connectivity index (χ3n) is 2.53. The molecule has 0 bridgehead atoms. The summed E-state index contributed by atoms with van der Waals surface area (Å²) in [5.74, 6) is -0.784. The molecule has 7 nitrogen and oxygen atoms in total. The predicted molar refractivity (Wildman–Crippen MR) is 88.0 cm³/mol. The van der Waals surface area contributed by atoms with Gasteiger partial charge in [-0.3, -0.25) is 19.7 Å². The molecule has 0 aliphatic rings. The molecule has 0 aliphatic heterocycles. The lowest BCUT2D eigenvalue weighted by atomic mass is 10.1. The molecule has 1 aromatic carbocycles. The topological polar surface area (TPSA) is 101 Å². The Hall–Kier alpha value is -2.41. The summed E-state index contributed by atoms with van der Waals surface area (Å²) in [6.45, 7) is 5.35. The molecule has 23 heavy (non-hydrogen) atoms. The summed E-state index contributed by atoms with van der Waals surface area (Å²) in [4.78, 5) is 33.4. The minimum atomic E-state index is -0.601. The summed E-state index contributed by atoms with van der Waals surface area (Å²) < 4.78 is 0. The van der Waals surface area contributed by atoms with E-state index >= 15 is 0 Å². The second-order valence-electron chi connectivity index (χ2n) is 5.82. The largest absolute Gasteiger partial charge is 0.350 e. The van der Waals surface area contributed by atoms with Gasteiger partial charge in [0.2, 0.25) is 11.8 Å². The number of rotatable bonds is 5. The van der Waals surface area contributed by atoms with E-state index in [0.717, 1.165) is 0 Å². The zero-order chi connectivity index (χ0) is 17.6. The van der Waals surface area contributed by atoms with E-state index in [4.69, 9.17) is 11.6 Å². The van der Waals surface area contributed by atoms with E-state index in [1.54, 1.807) is 6.07 Å². The molecule has 0 heterocycles. The molecule has 0 saturated heterocycles. The van der Waals surface area contributed by atoms with Crippen LogP contribution in [-0.4, -0.2) is 28.8 Å². The van der Waals surface area contributed by atoms with Gasteiger partial charge < -0.3 is 10.6 Å². The van der Waals surface area contributed by atoms with Crippen LogP contribution in [0.15, 0.2) is 24.3 Å². The van der Waals surface area contributed by atoms with Crippen molar-refractivity contribution in [2.24, 2.45) is 0 Å². The van der Waals surface area contributed by atoms with Crippen LogP contribution < -0.4 is 10.6 Å². The number of carbonyl (C=O) groups excluding carboxylic acids is 2. The molecule has 0 unspecified atom stereocenters. The maximum Gasteiger partial charge on any atom is 0.288 e. The van der Waals surface area contributed by atoms with Gasteiger partial charge in [0, 0.05) is 17.7 Å². The lowest BCUT2D eigenvalue weighted by Crippen LogP contribution is -2.45. The molecule has 0 aliphatic carbocycles. The zero-order valence-electron chi connectivity index (χ0n) is 13.1. The molecular weight excluding hydrogens is 322 g/mol. The maximum atomic E-state index is 11.6. The van der Waals surface area contributed by atoms with Crippen LogP contribution in [0.5, 0.6) is 0 Å². The van der Waals surface area contributed by atoms with Crippen LogP contribution in [0.2, 0.25) is 5.02 Å². The fourth-order valence-corrected chi connectivity index (χ4v) is 1.82. The first kappa shape index (κ1) is 18.6. The van der Waals surface area contributed by atoms with Gasteiger partial charge in [0.25, 0.3) is 5.69 Å². The number of amides is 2. The van der Waals surface area contributed by atoms with Gasteiger partial charge in [0.15, 0.2) is 0 Å². The highest BCUT2D eigenvalue weighted by molar-refractivity contribution is 6.32. The number of nitro benzene ring substituents is 1. The van der Waals surface area contributed by atoms with E-state index in [9.17, 15) is 19.7 Å². The van der Waals surface area contributed by atoms with Crippen LogP contribution in [0.1, 0.15) is 26.3 Å². The Balaban J connectivity index is 2.61. The summed E-state index contributed by atoms with van der Waals surface area (Å²) in [6, 6.07) is 4.19. The fraction of sp³-hybridized carbons (Fsp3) is 0.333. The van der Waals surface area contributed by atoms with Crippen LogP contribution in [0.4, 0.5) is 5.69 Å². The van der Waals surface area contributed by atoms with E-state index < -0.39 is 10.8 Å². The Labute approximate surface area is 138 Å². The third-order valence-corrected chi connectivity index (χ3v) is 2.85. The highest BCUT2D eigenvalue weighted by Gasteiger charge is 2.14. The molecule has 124 valence electrons. The van der Waals surface area contributed by atoms with Crippen molar-refractivity contribution in [1.29, 1.82) is 0 Å². The Morgan fingerprint density at radius 3 is 2.57 bits per heavy atom. The van der Waals surface area contributed by atoms with Crippen molar-refractivity contribution in [3.63, 3.8) is 0 Å². The van der Waals surface area contributed by atoms with Gasteiger partial charge in [-0.2, -0.15) is 0 Å². The fourth-order valence-electron chi connectivity index (χ4n) is 1.63. The van der Waals surface area contributed by atoms with E-state index in [-0.39, 0.29) is 28.7 Å². The van der Waals surface area contributed by atoms with Crippen molar-refractivity contribution in [3.05, 3.63) is 45.0 Å². The normalized spacial score (nSPS) is 11.3. The second-order valence-corrected chi connectivity index (χ2v) is 6.22. The molecule has 2 amide bonds. The summed E-state index contributed by atoms with van der Waals surface area (Å²) >= 11 is 5.70. The minimum absolute atomic E-state index is 0.0236. The van der Waals surface area contributed by atoms with Crippen LogP contribution >= 0.6 is 11.6 Å². The summed E-state index contributed by atoms with van der Waals surface area (Å²) in [6.07, 6.45) is 2.59. The van der Waals surface area contributed by atoms with Gasteiger partial charge in [0.1, 0.15) is 5.02 Å². The van der Waals surface area contributed by atoms with E-state index in [1.165, 1.54) is 24.3 Å². The first-order chi connectivity index (χ1) is 10.6. The lowest BCUT2D eigenvalue weighted by molar-refractivity contribution is -0.384. The van der Waals surface area contributed by atoms with Crippen molar-refractivity contribution in [3.8, 4) is 0 Å². The molecule has 0 atom stereocenters. The number of benzene rings is 1. The van der Waals surface area contributed by atoms with Gasteiger partial charge >= 0.3 is 0 Å². The summed E-state index contributed by atoms with van der Waals surface area (Å²) in [5, 5.41) is 15.9. The molecule has 8 heteroatoms. The number of nitro groups is 1. The monoisotopic (exact) mass is 339 g/mol. The van der Waals surface area contributed by atoms with Crippen LogP contribution in [0, 0.1) is 10.1 Å². The Kier molecular flexibility index (Phi) is 6.27. The van der Waals surface area contributed by atoms with Gasteiger partial charge in [-0.15, -0.1) is 0 Å². The smallest absolute Gasteiger partial charge is 0.288 e. The SMILES string of the molecule is CC(C)(C)NC(=O)CNC(=O)/C=C/c1ccc(Cl)c([N+](=O)[O-])c1. The minimum Gasteiger partial charge on any atom is -0.350 e. The highest BCUT2D eigenvalue weighted by atomic mass is 35.5. The molecule has 0 spiro atoms. The number of halogens is 1. The zero-order valence-corrected chi connectivity index (χ0v) is 13.8. The van der Waals surface area contributed by atoms with Crippen LogP contribution in [0.25, 0.3) is 6.08 Å². The van der Waals surface area contributed by atoms with E-state index in [2.05, 4.69) is 10.6 Å². The molecule has 1 rings (SSSR count). The van der Waals surface area contributed by atoms with Gasteiger partial charge in [-0.25, -0.2) is 0 Å². The van der Waals surface area contributed by atoms with Crippen molar-refractivity contribution >= 4 is 35.2 Å². The van der Waals surface area contributed by atoms with Crippen molar-refractivity contribution in [1.82, 2.24) is 10.6 Å². The summed E-state index contributed by atoms with van der Waals surface area (Å²) in [7, 11) is 0. The van der Waals surface area contributed by atoms with Gasteiger partial charge in [-0.05, 0) is 38.5 Å². The number of carbonyl (C=O) groups is 2. The van der Waals surface area contributed by atoms with Gasteiger partial charge in [0.05, 0.1) is 11.5 Å². The predicted octanol–water partition coefficient (Wildman–Crippen LogP) is 2.29. The Bertz CT molecular complexity index is 651. The molecule has 0 fully saturated rings. The first-order valence-electron chi connectivity index (χ1n) is 6.79. The number of hydrogen-bond acceptors (Lipinski definition) is 4. The third kappa shape index (κ3) is 6.92. The quantitative estimate of drug-likeness (QED) is 0.488. The molecule has 0 radical (unpaired) electrons. The lowest BCUT2D eigenvalue weighted by Gasteiger charge is -2.20. The standard InChI is InChI=1S/C15H18ClN3O4/c1-15(2,3)18-14(21)9-17-13(20)7-5-10-4-6-11(16)12(8-10)19(22)23/h4-8H,9H2,1-3H3,(H,17,20)(H,18,21)/b7-5+. The molecule has 0 saturated carbocycles. The second kappa shape index (κ2) is 7.73. The average molecular weight is 340 g/mol. The molecular formula is C15H18ClN3O4. The number of hydrogen-bond donors (Lipinski definition) is 2. The van der Waals surface area contributed by atoms with Crippen molar-refractivity contribution in [2.75, 3.05) is 6.54 Å². The Morgan fingerprint density at radius 2 is 2.00 bits per heavy atom. The molecule has 0 aromatic heterocycles. The summed E-state index contributed by atoms with van der Waals surface area (Å²) in [5.41, 5.74) is -0.158. The van der Waals surface area contributed by atoms with E-state index in [1.807, 2.05) is 20.8 Å². The van der Waals surface area contributed by atoms with Gasteiger partial charge in [-0.1, -0.05) is 17.7 Å². The molecule has 2 N–H and O–H groups in total. The van der Waals surface area contributed by atoms with Crippen molar-refractivity contribution in [2.45, 2.75) is 26.3 Å². The van der Waals surface area contributed by atoms with Crippen LogP contribution in [-0.2, 0) is 9.59 Å². The molecule has 1 aromatic rings. The van der Waals surface area contributed by atoms with E-state index in [0.29, 0.717) is 5.56 Å². The first-order valence-corrected chi connectivity index (χ1v) is 7.17. The maximum absolute atomic E-state index is 11.6. The number of nitrogens with zero attached hydrogens (tertiary/aromatic N) is 1. The van der Waals surface area contributed by atoms with Crippen molar-refractivity contribution < 1.29 is 14.5 Å². The van der Waals surface area contributed by atoms with Crippen LogP contribution in [0.3, 0.4) is 0 Å².